The fourth-order valence-corrected chi connectivity index (χ4v) is 2.20. The van der Waals surface area contributed by atoms with Gasteiger partial charge in [0.2, 0.25) is 11.8 Å². The van der Waals surface area contributed by atoms with Crippen molar-refractivity contribution in [2.24, 2.45) is 0 Å². The fourth-order valence-electron chi connectivity index (χ4n) is 2.20. The molecule has 0 bridgehead atoms. The summed E-state index contributed by atoms with van der Waals surface area (Å²) in [5, 5.41) is 11.5. The summed E-state index contributed by atoms with van der Waals surface area (Å²) in [6.07, 6.45) is 9.87. The van der Waals surface area contributed by atoms with Gasteiger partial charge in [-0.25, -0.2) is 0 Å². The number of amides is 2. The summed E-state index contributed by atoms with van der Waals surface area (Å²) in [6, 6.07) is -1.74. The molecule has 2 amide bonds. The molecule has 1 atom stereocenters. The molecule has 0 radical (unpaired) electrons. The molecule has 1 unspecified atom stereocenters. The maximum atomic E-state index is 12.5. The molecule has 0 N–H and O–H groups in total. The summed E-state index contributed by atoms with van der Waals surface area (Å²) < 4.78 is 4.51. The van der Waals surface area contributed by atoms with E-state index in [1.807, 2.05) is 13.8 Å². The third kappa shape index (κ3) is 11.9. The summed E-state index contributed by atoms with van der Waals surface area (Å²) >= 11 is 0. The molecule has 0 aromatic rings. The topological polar surface area (TPSA) is 104 Å². The Hall–Kier alpha value is -1.70. The molecule has 0 spiro atoms. The van der Waals surface area contributed by atoms with E-state index in [4.69, 9.17) is 0 Å². The van der Waals surface area contributed by atoms with Gasteiger partial charge in [-0.15, -0.1) is 0 Å². The van der Waals surface area contributed by atoms with Gasteiger partial charge in [0.25, 0.3) is 0 Å². The first-order valence-electron chi connectivity index (χ1n) is 9.05. The van der Waals surface area contributed by atoms with Crippen molar-refractivity contribution in [2.75, 3.05) is 0 Å². The molecule has 0 aromatic heterocycles. The quantitative estimate of drug-likeness (QED) is 0.170. The van der Waals surface area contributed by atoms with E-state index >= 15 is 0 Å². The Balaban J connectivity index is 0. The van der Waals surface area contributed by atoms with Gasteiger partial charge in [-0.1, -0.05) is 57.6 Å². The second-order valence-electron chi connectivity index (χ2n) is 5.78. The largest absolute Gasteiger partial charge is 1.00 e. The van der Waals surface area contributed by atoms with Gasteiger partial charge in [-0.3, -0.25) is 19.3 Å². The fraction of sp³-hybridized carbons (Fsp3) is 0.500. The number of aliphatic carboxylic acids is 1. The summed E-state index contributed by atoms with van der Waals surface area (Å²) in [5.41, 5.74) is 0. The van der Waals surface area contributed by atoms with E-state index in [1.165, 1.54) is 0 Å². The van der Waals surface area contributed by atoms with E-state index in [0.29, 0.717) is 4.90 Å². The SMILES string of the molecule is C=COC(=O)CC(C(=O)[O-])N(C(=O)C/C=C/CCC)C(=O)C/C=C/CCC.[Na+]. The van der Waals surface area contributed by atoms with Gasteiger partial charge >= 0.3 is 35.5 Å². The zero-order valence-electron chi connectivity index (χ0n) is 17.0. The first-order chi connectivity index (χ1) is 12.9. The zero-order chi connectivity index (χ0) is 20.7. The molecule has 0 saturated carbocycles. The first-order valence-corrected chi connectivity index (χ1v) is 9.05. The molecular weight excluding hydrogens is 373 g/mol. The summed E-state index contributed by atoms with van der Waals surface area (Å²) in [6.45, 7) is 7.16. The molecule has 0 aliphatic heterocycles. The van der Waals surface area contributed by atoms with Crippen molar-refractivity contribution in [3.05, 3.63) is 37.1 Å². The minimum Gasteiger partial charge on any atom is -0.548 e. The molecule has 28 heavy (non-hydrogen) atoms. The normalized spacial score (nSPS) is 11.6. The predicted octanol–water partition coefficient (Wildman–Crippen LogP) is -0.966. The molecule has 0 rings (SSSR count). The monoisotopic (exact) mass is 401 g/mol. The number of carboxylic acid groups (broad SMARTS) is 1. The molecule has 0 aromatic carbocycles. The Labute approximate surface area is 188 Å². The number of hydrogen-bond donors (Lipinski definition) is 0. The van der Waals surface area contributed by atoms with Crippen LogP contribution in [0.1, 0.15) is 58.8 Å². The number of carboxylic acids is 1. The molecular formula is C20H28NNaO6. The van der Waals surface area contributed by atoms with Crippen LogP contribution in [0.25, 0.3) is 0 Å². The van der Waals surface area contributed by atoms with Crippen molar-refractivity contribution < 1.29 is 58.6 Å². The number of carbonyl (C=O) groups excluding carboxylic acids is 4. The number of hydrogen-bond acceptors (Lipinski definition) is 6. The Morgan fingerprint density at radius 1 is 0.964 bits per heavy atom. The van der Waals surface area contributed by atoms with Crippen molar-refractivity contribution in [3.8, 4) is 0 Å². The van der Waals surface area contributed by atoms with Crippen molar-refractivity contribution in [1.82, 2.24) is 4.90 Å². The van der Waals surface area contributed by atoms with E-state index in [0.717, 1.165) is 31.9 Å². The molecule has 7 nitrogen and oxygen atoms in total. The van der Waals surface area contributed by atoms with Crippen LogP contribution >= 0.6 is 0 Å². The molecule has 150 valence electrons. The minimum absolute atomic E-state index is 0. The molecule has 0 fully saturated rings. The van der Waals surface area contributed by atoms with Gasteiger partial charge in [-0.2, -0.15) is 0 Å². The van der Waals surface area contributed by atoms with E-state index in [2.05, 4.69) is 11.3 Å². The maximum Gasteiger partial charge on any atom is 1.00 e. The van der Waals surface area contributed by atoms with Crippen LogP contribution in [0.15, 0.2) is 37.1 Å². The van der Waals surface area contributed by atoms with Crippen molar-refractivity contribution in [2.45, 2.75) is 64.8 Å². The summed E-state index contributed by atoms with van der Waals surface area (Å²) in [4.78, 5) is 48.7. The van der Waals surface area contributed by atoms with Crippen LogP contribution in [0.2, 0.25) is 0 Å². The Morgan fingerprint density at radius 2 is 1.43 bits per heavy atom. The minimum atomic E-state index is -1.74. The predicted molar refractivity (Wildman–Crippen MR) is 98.9 cm³/mol. The number of nitrogens with zero attached hydrogens (tertiary/aromatic N) is 1. The van der Waals surface area contributed by atoms with Crippen LogP contribution in [0.5, 0.6) is 0 Å². The standard InChI is InChI=1S/C20H29NO6.Na/c1-4-7-9-11-13-17(22)21(18(23)14-12-10-8-5-2)16(20(25)26)15-19(24)27-6-3;/h6,9-12,16H,3-5,7-8,13-15H2,1-2H3,(H,25,26);/q;+1/p-1/b11-9+,12-10+;. The van der Waals surface area contributed by atoms with Gasteiger partial charge in [0, 0.05) is 12.8 Å². The van der Waals surface area contributed by atoms with Crippen molar-refractivity contribution in [1.29, 1.82) is 0 Å². The number of unbranched alkanes of at least 4 members (excludes halogenated alkanes) is 2. The molecule has 0 aliphatic carbocycles. The number of imide groups is 1. The Morgan fingerprint density at radius 3 is 1.79 bits per heavy atom. The van der Waals surface area contributed by atoms with Gasteiger partial charge in [0.1, 0.15) is 0 Å². The third-order valence-corrected chi connectivity index (χ3v) is 3.52. The maximum absolute atomic E-state index is 12.5. The number of rotatable bonds is 13. The zero-order valence-corrected chi connectivity index (χ0v) is 19.0. The van der Waals surface area contributed by atoms with Crippen LogP contribution in [-0.4, -0.2) is 34.7 Å². The van der Waals surface area contributed by atoms with Crippen LogP contribution in [0.4, 0.5) is 0 Å². The molecule has 0 saturated heterocycles. The average molecular weight is 401 g/mol. The number of allylic oxidation sites excluding steroid dienone is 2. The van der Waals surface area contributed by atoms with Gasteiger partial charge in [-0.05, 0) is 12.8 Å². The second kappa shape index (κ2) is 17.4. The van der Waals surface area contributed by atoms with E-state index in [-0.39, 0.29) is 42.4 Å². The summed E-state index contributed by atoms with van der Waals surface area (Å²) in [7, 11) is 0. The summed E-state index contributed by atoms with van der Waals surface area (Å²) in [5.74, 6) is -4.05. The number of ether oxygens (including phenoxy) is 1. The first kappa shape index (κ1) is 28.5. The van der Waals surface area contributed by atoms with E-state index in [1.54, 1.807) is 24.3 Å². The van der Waals surface area contributed by atoms with Gasteiger partial charge < -0.3 is 14.6 Å². The average Bonchev–Trinajstić information content (AvgIpc) is 2.62. The van der Waals surface area contributed by atoms with Crippen molar-refractivity contribution in [3.63, 3.8) is 0 Å². The van der Waals surface area contributed by atoms with Gasteiger partial charge in [0.05, 0.1) is 24.7 Å². The Kier molecular flexibility index (Phi) is 17.7. The van der Waals surface area contributed by atoms with E-state index < -0.39 is 36.2 Å². The molecule has 0 heterocycles. The van der Waals surface area contributed by atoms with Crippen LogP contribution in [0.3, 0.4) is 0 Å². The van der Waals surface area contributed by atoms with Crippen LogP contribution in [0, 0.1) is 0 Å². The van der Waals surface area contributed by atoms with Crippen molar-refractivity contribution >= 4 is 23.8 Å². The second-order valence-corrected chi connectivity index (χ2v) is 5.78. The van der Waals surface area contributed by atoms with Crippen LogP contribution < -0.4 is 34.7 Å². The third-order valence-electron chi connectivity index (χ3n) is 3.52. The Bertz CT molecular complexity index is 555. The van der Waals surface area contributed by atoms with Crippen LogP contribution in [-0.2, 0) is 23.9 Å². The molecule has 0 aliphatic rings. The van der Waals surface area contributed by atoms with E-state index in [9.17, 15) is 24.3 Å². The smallest absolute Gasteiger partial charge is 0.548 e. The molecule has 8 heteroatoms. The number of esters is 1. The number of carbonyl (C=O) groups is 4. The van der Waals surface area contributed by atoms with Gasteiger partial charge in [0.15, 0.2) is 0 Å².